The summed E-state index contributed by atoms with van der Waals surface area (Å²) < 4.78 is 0. The molecule has 0 saturated heterocycles. The van der Waals surface area contributed by atoms with Crippen LogP contribution in [0.2, 0.25) is 0 Å². The number of hydrogen-bond acceptors (Lipinski definition) is 1. The summed E-state index contributed by atoms with van der Waals surface area (Å²) in [6.45, 7) is 0. The highest BCUT2D eigenvalue weighted by Gasteiger charge is 2.25. The molecule has 10 rings (SSSR count). The number of fused-ring (bicyclic) bond motifs is 1. The first-order chi connectivity index (χ1) is 29.3. The summed E-state index contributed by atoms with van der Waals surface area (Å²) >= 11 is 0. The molecule has 0 radical (unpaired) electrons. The van der Waals surface area contributed by atoms with E-state index >= 15 is 0 Å². The average molecular weight is 758 g/mol. The molecule has 0 amide bonds. The van der Waals surface area contributed by atoms with Gasteiger partial charge in [0.05, 0.1) is 17.1 Å². The van der Waals surface area contributed by atoms with E-state index in [1.165, 1.54) is 104 Å². The zero-order valence-electron chi connectivity index (χ0n) is 33.3. The fraction of sp³-hybridized carbons (Fsp3) is 0.103. The first kappa shape index (κ1) is 36.4. The number of rotatable bonds is 9. The number of hydrogen-bond donors (Lipinski definition) is 0. The third-order valence-corrected chi connectivity index (χ3v) is 12.3. The Kier molecular flexibility index (Phi) is 10.2. The van der Waals surface area contributed by atoms with Gasteiger partial charge >= 0.3 is 0 Å². The zero-order valence-corrected chi connectivity index (χ0v) is 33.3. The van der Waals surface area contributed by atoms with Crippen LogP contribution in [0.25, 0.3) is 66.4 Å². The van der Waals surface area contributed by atoms with Crippen LogP contribution in [0.3, 0.4) is 0 Å². The van der Waals surface area contributed by atoms with E-state index in [9.17, 15) is 0 Å². The topological polar surface area (TPSA) is 3.24 Å². The molecule has 1 aliphatic carbocycles. The average Bonchev–Trinajstić information content (AvgIpc) is 3.33. The minimum absolute atomic E-state index is 0.580. The maximum absolute atomic E-state index is 2.53. The second-order valence-electron chi connectivity index (χ2n) is 15.9. The normalized spacial score (nSPS) is 13.0. The largest absolute Gasteiger partial charge is 0.309 e. The van der Waals surface area contributed by atoms with Crippen LogP contribution in [0.1, 0.15) is 43.6 Å². The van der Waals surface area contributed by atoms with Gasteiger partial charge < -0.3 is 4.90 Å². The van der Waals surface area contributed by atoms with Gasteiger partial charge in [-0.2, -0.15) is 0 Å². The lowest BCUT2D eigenvalue weighted by atomic mass is 9.80. The summed E-state index contributed by atoms with van der Waals surface area (Å²) in [6.07, 6.45) is 6.47. The number of benzene rings is 9. The molecule has 1 aliphatic rings. The molecular weight excluding hydrogens is 711 g/mol. The number of para-hydroxylation sites is 3. The van der Waals surface area contributed by atoms with E-state index in [-0.39, 0.29) is 0 Å². The molecule has 1 saturated carbocycles. The molecule has 1 heteroatoms. The molecule has 1 fully saturated rings. The third kappa shape index (κ3) is 7.26. The second kappa shape index (κ2) is 16.5. The van der Waals surface area contributed by atoms with Crippen LogP contribution >= 0.6 is 0 Å². The van der Waals surface area contributed by atoms with Gasteiger partial charge in [0.15, 0.2) is 0 Å². The molecule has 0 unspecified atom stereocenters. The maximum Gasteiger partial charge on any atom is 0.0540 e. The Hall–Kier alpha value is -6.96. The molecular formula is C58H47N. The molecule has 9 aromatic rings. The highest BCUT2D eigenvalue weighted by atomic mass is 15.1. The van der Waals surface area contributed by atoms with Crippen molar-refractivity contribution in [2.75, 3.05) is 4.90 Å². The van der Waals surface area contributed by atoms with E-state index in [2.05, 4.69) is 223 Å². The van der Waals surface area contributed by atoms with Crippen molar-refractivity contribution in [3.05, 3.63) is 224 Å². The Morgan fingerprint density at radius 1 is 0.288 bits per heavy atom. The molecule has 0 aliphatic heterocycles. The van der Waals surface area contributed by atoms with Gasteiger partial charge in [-0.25, -0.2) is 0 Å². The second-order valence-corrected chi connectivity index (χ2v) is 15.9. The first-order valence-electron chi connectivity index (χ1n) is 21.2. The minimum atomic E-state index is 0.580. The van der Waals surface area contributed by atoms with Gasteiger partial charge in [0.2, 0.25) is 0 Å². The summed E-state index contributed by atoms with van der Waals surface area (Å²) in [5.41, 5.74) is 17.0. The standard InChI is InChI=1S/C58H47N/c1-4-18-42(19-5-1)44-34-38-47(39-35-44)50-26-10-13-31-55(50)59(56-32-14-11-27-51(56)48-40-36-45(37-41-48)43-20-6-2-7-21-43)57-33-15-12-28-53(57)54-30-17-25-49-24-16-29-52(58(49)54)46-22-8-3-9-23-46/h1-2,4-7,10-21,24-41,46H,3,8-9,22-23H2. The SMILES string of the molecule is c1ccc(-c2ccc(-c3ccccc3N(c3ccccc3-c3ccc(-c4ccccc4)cc3)c3ccccc3-c3cccc4cccc(C5CCCCC5)c34)cc2)cc1. The summed E-state index contributed by atoms with van der Waals surface area (Å²) in [6, 6.07) is 80.2. The van der Waals surface area contributed by atoms with Crippen molar-refractivity contribution in [3.63, 3.8) is 0 Å². The van der Waals surface area contributed by atoms with Crippen LogP contribution in [0.5, 0.6) is 0 Å². The molecule has 1 nitrogen and oxygen atoms in total. The summed E-state index contributed by atoms with van der Waals surface area (Å²) in [5.74, 6) is 0.580. The van der Waals surface area contributed by atoms with Crippen molar-refractivity contribution in [2.24, 2.45) is 0 Å². The lowest BCUT2D eigenvalue weighted by Gasteiger charge is -2.32. The van der Waals surface area contributed by atoms with E-state index in [4.69, 9.17) is 0 Å². The predicted molar refractivity (Wildman–Crippen MR) is 252 cm³/mol. The van der Waals surface area contributed by atoms with E-state index in [1.54, 1.807) is 0 Å². The fourth-order valence-electron chi connectivity index (χ4n) is 9.41. The summed E-state index contributed by atoms with van der Waals surface area (Å²) in [4.78, 5) is 2.53. The highest BCUT2D eigenvalue weighted by Crippen LogP contribution is 2.49. The Morgan fingerprint density at radius 3 is 1.20 bits per heavy atom. The van der Waals surface area contributed by atoms with Gasteiger partial charge in [0.1, 0.15) is 0 Å². The molecule has 0 spiro atoms. The van der Waals surface area contributed by atoms with Crippen molar-refractivity contribution in [1.82, 2.24) is 0 Å². The Morgan fingerprint density at radius 2 is 0.678 bits per heavy atom. The van der Waals surface area contributed by atoms with E-state index in [0.717, 1.165) is 17.1 Å². The molecule has 0 aromatic heterocycles. The molecule has 284 valence electrons. The lowest BCUT2D eigenvalue weighted by molar-refractivity contribution is 0.445. The van der Waals surface area contributed by atoms with Gasteiger partial charge in [-0.1, -0.05) is 219 Å². The molecule has 59 heavy (non-hydrogen) atoms. The van der Waals surface area contributed by atoms with Crippen LogP contribution in [0.4, 0.5) is 17.1 Å². The van der Waals surface area contributed by atoms with Crippen molar-refractivity contribution >= 4 is 27.8 Å². The van der Waals surface area contributed by atoms with Crippen LogP contribution < -0.4 is 4.90 Å². The molecule has 0 heterocycles. The Balaban J connectivity index is 1.18. The Labute approximate surface area is 348 Å². The van der Waals surface area contributed by atoms with Crippen LogP contribution in [-0.4, -0.2) is 0 Å². The highest BCUT2D eigenvalue weighted by molar-refractivity contribution is 6.05. The third-order valence-electron chi connectivity index (χ3n) is 12.3. The predicted octanol–water partition coefficient (Wildman–Crippen LogP) is 16.7. The lowest BCUT2D eigenvalue weighted by Crippen LogP contribution is -2.13. The molecule has 0 atom stereocenters. The van der Waals surface area contributed by atoms with E-state index in [1.807, 2.05) is 0 Å². The van der Waals surface area contributed by atoms with Crippen LogP contribution in [0, 0.1) is 0 Å². The monoisotopic (exact) mass is 757 g/mol. The van der Waals surface area contributed by atoms with E-state index < -0.39 is 0 Å². The van der Waals surface area contributed by atoms with Gasteiger partial charge in [-0.05, 0) is 92.2 Å². The van der Waals surface area contributed by atoms with Crippen molar-refractivity contribution < 1.29 is 0 Å². The maximum atomic E-state index is 2.53. The number of anilines is 3. The molecule has 9 aromatic carbocycles. The van der Waals surface area contributed by atoms with Crippen molar-refractivity contribution in [3.8, 4) is 55.6 Å². The molecule has 0 N–H and O–H groups in total. The van der Waals surface area contributed by atoms with Crippen molar-refractivity contribution in [2.45, 2.75) is 38.0 Å². The summed E-state index contributed by atoms with van der Waals surface area (Å²) in [7, 11) is 0. The van der Waals surface area contributed by atoms with Crippen molar-refractivity contribution in [1.29, 1.82) is 0 Å². The fourth-order valence-corrected chi connectivity index (χ4v) is 9.41. The minimum Gasteiger partial charge on any atom is -0.309 e. The van der Waals surface area contributed by atoms with Gasteiger partial charge in [-0.3, -0.25) is 0 Å². The Bertz CT molecular complexity index is 2700. The first-order valence-corrected chi connectivity index (χ1v) is 21.2. The zero-order chi connectivity index (χ0) is 39.4. The smallest absolute Gasteiger partial charge is 0.0540 e. The van der Waals surface area contributed by atoms with Gasteiger partial charge in [-0.15, -0.1) is 0 Å². The summed E-state index contributed by atoms with van der Waals surface area (Å²) in [5, 5.41) is 2.70. The number of nitrogens with zero attached hydrogens (tertiary/aromatic N) is 1. The quantitative estimate of drug-likeness (QED) is 0.142. The van der Waals surface area contributed by atoms with Crippen LogP contribution in [-0.2, 0) is 0 Å². The molecule has 0 bridgehead atoms. The van der Waals surface area contributed by atoms with Crippen LogP contribution in [0.15, 0.2) is 218 Å². The van der Waals surface area contributed by atoms with E-state index in [0.29, 0.717) is 5.92 Å². The van der Waals surface area contributed by atoms with Gasteiger partial charge in [0, 0.05) is 16.7 Å². The van der Waals surface area contributed by atoms with Gasteiger partial charge in [0.25, 0.3) is 0 Å².